The summed E-state index contributed by atoms with van der Waals surface area (Å²) < 4.78 is 0. The molecule has 0 N–H and O–H groups in total. The van der Waals surface area contributed by atoms with Gasteiger partial charge in [-0.3, -0.25) is 9.69 Å². The maximum atomic E-state index is 12.3. The van der Waals surface area contributed by atoms with Crippen molar-refractivity contribution in [3.05, 3.63) is 35.4 Å². The molecule has 0 aliphatic rings. The fourth-order valence-electron chi connectivity index (χ4n) is 2.37. The summed E-state index contributed by atoms with van der Waals surface area (Å²) in [5.74, 6) is 0.241. The van der Waals surface area contributed by atoms with Crippen LogP contribution in [0.15, 0.2) is 24.3 Å². The van der Waals surface area contributed by atoms with Crippen molar-refractivity contribution in [1.29, 1.82) is 0 Å². The average Bonchev–Trinajstić information content (AvgIpc) is 2.41. The van der Waals surface area contributed by atoms with E-state index in [1.807, 2.05) is 18.0 Å². The fourth-order valence-corrected chi connectivity index (χ4v) is 2.37. The molecule has 1 aromatic carbocycles. The molecule has 1 rings (SSSR count). The van der Waals surface area contributed by atoms with Gasteiger partial charge in [0.2, 0.25) is 5.91 Å². The monoisotopic (exact) mass is 276 g/mol. The minimum atomic E-state index is 0.241. The van der Waals surface area contributed by atoms with Crippen molar-refractivity contribution in [3.63, 3.8) is 0 Å². The number of carbonyl (C=O) groups excluding carboxylic acids is 1. The molecule has 0 unspecified atom stereocenters. The molecule has 0 heterocycles. The fraction of sp³-hybridized carbons (Fsp3) is 0.588. The number of likely N-dealkylation sites (N-methyl/N-ethyl adjacent to an activating group) is 1. The van der Waals surface area contributed by atoms with Crippen LogP contribution in [0.5, 0.6) is 0 Å². The Morgan fingerprint density at radius 1 is 1.10 bits per heavy atom. The van der Waals surface area contributed by atoms with Gasteiger partial charge in [-0.2, -0.15) is 0 Å². The lowest BCUT2D eigenvalue weighted by Gasteiger charge is -2.25. The van der Waals surface area contributed by atoms with Gasteiger partial charge in [0.05, 0.1) is 6.54 Å². The van der Waals surface area contributed by atoms with Crippen molar-refractivity contribution in [2.45, 2.75) is 40.2 Å². The van der Waals surface area contributed by atoms with Gasteiger partial charge in [-0.05, 0) is 37.9 Å². The van der Waals surface area contributed by atoms with Crippen LogP contribution in [0.1, 0.15) is 37.8 Å². The largest absolute Gasteiger partial charge is 0.342 e. The maximum absolute atomic E-state index is 12.3. The van der Waals surface area contributed by atoms with Crippen molar-refractivity contribution >= 4 is 5.91 Å². The van der Waals surface area contributed by atoms with Crippen molar-refractivity contribution in [2.24, 2.45) is 0 Å². The highest BCUT2D eigenvalue weighted by Gasteiger charge is 2.14. The number of benzene rings is 1. The molecule has 3 heteroatoms. The molecule has 1 amide bonds. The van der Waals surface area contributed by atoms with Gasteiger partial charge in [0.15, 0.2) is 0 Å². The molecule has 0 saturated heterocycles. The van der Waals surface area contributed by atoms with Crippen LogP contribution in [-0.2, 0) is 11.3 Å². The average molecular weight is 276 g/mol. The Balaban J connectivity index is 2.54. The molecule has 20 heavy (non-hydrogen) atoms. The van der Waals surface area contributed by atoms with E-state index in [1.165, 1.54) is 11.1 Å². The second-order valence-electron chi connectivity index (χ2n) is 5.48. The van der Waals surface area contributed by atoms with Gasteiger partial charge in [-0.25, -0.2) is 0 Å². The van der Waals surface area contributed by atoms with Crippen LogP contribution < -0.4 is 0 Å². The number of hydrogen-bond acceptors (Lipinski definition) is 2. The lowest BCUT2D eigenvalue weighted by atomic mass is 10.1. The third-order valence-corrected chi connectivity index (χ3v) is 3.45. The molecule has 0 aliphatic carbocycles. The first-order chi connectivity index (χ1) is 9.58. The standard InChI is InChI=1S/C17H28N2O/c1-5-11-19(12-6-2)17(20)14-18(4)13-16-10-8-7-9-15(16)3/h7-10H,5-6,11-14H2,1-4H3. The zero-order valence-corrected chi connectivity index (χ0v) is 13.4. The van der Waals surface area contributed by atoms with Gasteiger partial charge >= 0.3 is 0 Å². The number of amides is 1. The molecule has 0 bridgehead atoms. The first-order valence-corrected chi connectivity index (χ1v) is 7.59. The highest BCUT2D eigenvalue weighted by atomic mass is 16.2. The first kappa shape index (κ1) is 16.7. The van der Waals surface area contributed by atoms with Gasteiger partial charge in [0.25, 0.3) is 0 Å². The summed E-state index contributed by atoms with van der Waals surface area (Å²) >= 11 is 0. The van der Waals surface area contributed by atoms with E-state index in [0.717, 1.165) is 32.5 Å². The van der Waals surface area contributed by atoms with Crippen LogP contribution in [0.2, 0.25) is 0 Å². The summed E-state index contributed by atoms with van der Waals surface area (Å²) in [7, 11) is 2.01. The van der Waals surface area contributed by atoms with E-state index in [-0.39, 0.29) is 5.91 Å². The summed E-state index contributed by atoms with van der Waals surface area (Å²) in [6, 6.07) is 8.35. The Morgan fingerprint density at radius 3 is 2.25 bits per heavy atom. The second kappa shape index (κ2) is 8.75. The smallest absolute Gasteiger partial charge is 0.236 e. The molecule has 0 atom stereocenters. The number of aryl methyl sites for hydroxylation is 1. The molecule has 0 fully saturated rings. The predicted octanol–water partition coefficient (Wildman–Crippen LogP) is 3.08. The SMILES string of the molecule is CCCN(CCC)C(=O)CN(C)Cc1ccccc1C. The van der Waals surface area contributed by atoms with E-state index in [0.29, 0.717) is 6.54 Å². The van der Waals surface area contributed by atoms with Crippen molar-refractivity contribution in [2.75, 3.05) is 26.7 Å². The van der Waals surface area contributed by atoms with E-state index in [4.69, 9.17) is 0 Å². The zero-order valence-electron chi connectivity index (χ0n) is 13.4. The van der Waals surface area contributed by atoms with E-state index in [1.54, 1.807) is 0 Å². The Hall–Kier alpha value is -1.35. The highest BCUT2D eigenvalue weighted by molar-refractivity contribution is 5.78. The first-order valence-electron chi connectivity index (χ1n) is 7.59. The highest BCUT2D eigenvalue weighted by Crippen LogP contribution is 2.09. The lowest BCUT2D eigenvalue weighted by Crippen LogP contribution is -2.39. The Kier molecular flexibility index (Phi) is 7.31. The minimum absolute atomic E-state index is 0.241. The van der Waals surface area contributed by atoms with Gasteiger partial charge in [-0.1, -0.05) is 38.1 Å². The predicted molar refractivity (Wildman–Crippen MR) is 84.7 cm³/mol. The summed E-state index contributed by atoms with van der Waals surface area (Å²) in [4.78, 5) is 16.4. The van der Waals surface area contributed by atoms with Gasteiger partial charge < -0.3 is 4.90 Å². The topological polar surface area (TPSA) is 23.6 Å². The summed E-state index contributed by atoms with van der Waals surface area (Å²) in [5.41, 5.74) is 2.58. The van der Waals surface area contributed by atoms with E-state index < -0.39 is 0 Å². The third-order valence-electron chi connectivity index (χ3n) is 3.45. The molecule has 0 aliphatic heterocycles. The normalized spacial score (nSPS) is 10.8. The van der Waals surface area contributed by atoms with Crippen LogP contribution in [-0.4, -0.2) is 42.4 Å². The van der Waals surface area contributed by atoms with E-state index in [2.05, 4.69) is 43.9 Å². The molecular weight excluding hydrogens is 248 g/mol. The van der Waals surface area contributed by atoms with Crippen LogP contribution >= 0.6 is 0 Å². The van der Waals surface area contributed by atoms with E-state index in [9.17, 15) is 4.79 Å². The van der Waals surface area contributed by atoms with Crippen molar-refractivity contribution < 1.29 is 4.79 Å². The lowest BCUT2D eigenvalue weighted by molar-refractivity contribution is -0.132. The molecule has 3 nitrogen and oxygen atoms in total. The van der Waals surface area contributed by atoms with Crippen molar-refractivity contribution in [1.82, 2.24) is 9.80 Å². The second-order valence-corrected chi connectivity index (χ2v) is 5.48. The van der Waals surface area contributed by atoms with Gasteiger partial charge in [-0.15, -0.1) is 0 Å². The van der Waals surface area contributed by atoms with Crippen LogP contribution in [0.3, 0.4) is 0 Å². The molecule has 0 spiro atoms. The summed E-state index contributed by atoms with van der Waals surface area (Å²) in [6.07, 6.45) is 2.04. The quantitative estimate of drug-likeness (QED) is 0.728. The maximum Gasteiger partial charge on any atom is 0.236 e. The Bertz CT molecular complexity index is 411. The number of carbonyl (C=O) groups is 1. The Labute approximate surface area is 123 Å². The molecule has 0 saturated carbocycles. The zero-order chi connectivity index (χ0) is 15.0. The van der Waals surface area contributed by atoms with Crippen LogP contribution in [0.25, 0.3) is 0 Å². The summed E-state index contributed by atoms with van der Waals surface area (Å²) in [6.45, 7) is 9.40. The molecule has 112 valence electrons. The molecule has 0 radical (unpaired) electrons. The van der Waals surface area contributed by atoms with Gasteiger partial charge in [0, 0.05) is 19.6 Å². The van der Waals surface area contributed by atoms with E-state index >= 15 is 0 Å². The number of hydrogen-bond donors (Lipinski definition) is 0. The van der Waals surface area contributed by atoms with Crippen molar-refractivity contribution in [3.8, 4) is 0 Å². The Morgan fingerprint density at radius 2 is 1.70 bits per heavy atom. The molecule has 0 aromatic heterocycles. The molecular formula is C17H28N2O. The third kappa shape index (κ3) is 5.33. The summed E-state index contributed by atoms with van der Waals surface area (Å²) in [5, 5.41) is 0. The van der Waals surface area contributed by atoms with Gasteiger partial charge in [0.1, 0.15) is 0 Å². The van der Waals surface area contributed by atoms with Crippen LogP contribution in [0, 0.1) is 6.92 Å². The number of rotatable bonds is 8. The number of nitrogens with zero attached hydrogens (tertiary/aromatic N) is 2. The molecule has 1 aromatic rings. The minimum Gasteiger partial charge on any atom is -0.342 e. The van der Waals surface area contributed by atoms with Crippen LogP contribution in [0.4, 0.5) is 0 Å².